The molecule has 0 saturated carbocycles. The fourth-order valence-electron chi connectivity index (χ4n) is 1.59. The van der Waals surface area contributed by atoms with E-state index < -0.39 is 11.6 Å². The van der Waals surface area contributed by atoms with Gasteiger partial charge in [0, 0.05) is 25.3 Å². The number of benzene rings is 2. The second-order valence-corrected chi connectivity index (χ2v) is 4.14. The molecule has 0 atom stereocenters. The fraction of sp³-hybridized carbons (Fsp3) is 0.188. The maximum atomic E-state index is 12.0. The first-order valence-corrected chi connectivity index (χ1v) is 6.04. The lowest BCUT2D eigenvalue weighted by Crippen LogP contribution is -2.35. The molecule has 0 aliphatic rings. The summed E-state index contributed by atoms with van der Waals surface area (Å²) in [5.74, 6) is -3.22. The molecule has 0 heterocycles. The van der Waals surface area contributed by atoms with E-state index in [2.05, 4.69) is 4.74 Å². The maximum Gasteiger partial charge on any atom is 0.256 e. The molecule has 0 aromatic heterocycles. The van der Waals surface area contributed by atoms with E-state index in [0.29, 0.717) is 0 Å². The zero-order chi connectivity index (χ0) is 15.0. The van der Waals surface area contributed by atoms with E-state index in [0.717, 1.165) is 0 Å². The minimum absolute atomic E-state index is 0.161. The molecule has 106 valence electrons. The lowest BCUT2D eigenvalue weighted by atomic mass is 9.96. The number of ether oxygens (including phenoxy) is 1. The summed E-state index contributed by atoms with van der Waals surface area (Å²) in [6.07, 6.45) is 0. The topological polar surface area (TPSA) is 66.8 Å². The van der Waals surface area contributed by atoms with Gasteiger partial charge in [-0.3, -0.25) is 4.79 Å². The molecule has 20 heavy (non-hydrogen) atoms. The largest absolute Gasteiger partial charge is 0.388 e. The van der Waals surface area contributed by atoms with Crippen LogP contribution in [0.5, 0.6) is 0 Å². The highest BCUT2D eigenvalue weighted by Crippen LogP contribution is 2.22. The van der Waals surface area contributed by atoms with Crippen molar-refractivity contribution in [2.24, 2.45) is 0 Å². The van der Waals surface area contributed by atoms with Gasteiger partial charge in [-0.2, -0.15) is 0 Å². The number of aliphatic hydroxyl groups is 2. The molecule has 0 bridgehead atoms. The smallest absolute Gasteiger partial charge is 0.256 e. The second kappa shape index (κ2) is 7.55. The molecule has 0 aliphatic carbocycles. The van der Waals surface area contributed by atoms with E-state index in [-0.39, 0.29) is 11.1 Å². The predicted molar refractivity (Wildman–Crippen MR) is 76.3 cm³/mol. The molecule has 0 saturated heterocycles. The third-order valence-corrected chi connectivity index (χ3v) is 2.53. The van der Waals surface area contributed by atoms with Gasteiger partial charge in [-0.15, -0.1) is 0 Å². The first kappa shape index (κ1) is 16.0. The fourth-order valence-corrected chi connectivity index (χ4v) is 1.59. The number of Topliss-reactive ketones (excluding diaryl/α,β-unsaturated/α-hetero) is 1. The molecule has 2 aromatic rings. The van der Waals surface area contributed by atoms with Crippen LogP contribution in [0.1, 0.15) is 15.9 Å². The van der Waals surface area contributed by atoms with Crippen LogP contribution >= 0.6 is 0 Å². The molecule has 0 spiro atoms. The van der Waals surface area contributed by atoms with Gasteiger partial charge >= 0.3 is 0 Å². The Morgan fingerprint density at radius 2 is 1.30 bits per heavy atom. The molecule has 0 radical (unpaired) electrons. The molecule has 4 heteroatoms. The summed E-state index contributed by atoms with van der Waals surface area (Å²) in [7, 11) is 3.25. The van der Waals surface area contributed by atoms with E-state index in [1.807, 2.05) is 0 Å². The number of rotatable bonds is 3. The molecule has 0 aliphatic heterocycles. The maximum absolute atomic E-state index is 12.0. The first-order chi connectivity index (χ1) is 9.54. The third kappa shape index (κ3) is 3.99. The van der Waals surface area contributed by atoms with Crippen molar-refractivity contribution >= 4 is 5.78 Å². The van der Waals surface area contributed by atoms with Crippen LogP contribution < -0.4 is 0 Å². The van der Waals surface area contributed by atoms with Crippen molar-refractivity contribution in [3.05, 3.63) is 71.8 Å². The third-order valence-electron chi connectivity index (χ3n) is 2.53. The summed E-state index contributed by atoms with van der Waals surface area (Å²) in [5, 5.41) is 19.8. The lowest BCUT2D eigenvalue weighted by Gasteiger charge is -2.20. The van der Waals surface area contributed by atoms with Crippen molar-refractivity contribution in [1.29, 1.82) is 0 Å². The number of carbonyl (C=O) groups is 1. The Bertz CT molecular complexity index is 521. The van der Waals surface area contributed by atoms with Gasteiger partial charge in [0.25, 0.3) is 5.79 Å². The van der Waals surface area contributed by atoms with Crippen LogP contribution in [-0.2, 0) is 10.5 Å². The van der Waals surface area contributed by atoms with Gasteiger partial charge in [0.15, 0.2) is 0 Å². The van der Waals surface area contributed by atoms with Gasteiger partial charge in [-0.1, -0.05) is 60.7 Å². The molecule has 4 nitrogen and oxygen atoms in total. The Morgan fingerprint density at radius 1 is 0.900 bits per heavy atom. The van der Waals surface area contributed by atoms with E-state index >= 15 is 0 Å². The van der Waals surface area contributed by atoms with Crippen molar-refractivity contribution < 1.29 is 19.7 Å². The van der Waals surface area contributed by atoms with Crippen molar-refractivity contribution in [2.75, 3.05) is 14.2 Å². The summed E-state index contributed by atoms with van der Waals surface area (Å²) in [4.78, 5) is 12.0. The Balaban J connectivity index is 0.000000612. The first-order valence-electron chi connectivity index (χ1n) is 6.04. The van der Waals surface area contributed by atoms with Crippen LogP contribution in [0.25, 0.3) is 0 Å². The average molecular weight is 274 g/mol. The number of hydrogen-bond donors (Lipinski definition) is 2. The van der Waals surface area contributed by atoms with Gasteiger partial charge in [-0.25, -0.2) is 0 Å². The van der Waals surface area contributed by atoms with Gasteiger partial charge in [0.2, 0.25) is 5.78 Å². The Labute approximate surface area is 118 Å². The van der Waals surface area contributed by atoms with Gasteiger partial charge in [0.1, 0.15) is 0 Å². The highest BCUT2D eigenvalue weighted by molar-refractivity contribution is 6.01. The van der Waals surface area contributed by atoms with E-state index in [4.69, 9.17) is 0 Å². The molecular weight excluding hydrogens is 256 g/mol. The molecule has 0 fully saturated rings. The molecule has 0 amide bonds. The SMILES string of the molecule is COC.O=C(c1ccccc1)C(O)(O)c1ccccc1. The van der Waals surface area contributed by atoms with Crippen LogP contribution in [0.15, 0.2) is 60.7 Å². The summed E-state index contributed by atoms with van der Waals surface area (Å²) >= 11 is 0. The standard InChI is InChI=1S/C14H12O3.C2H6O/c15-13(11-7-3-1-4-8-11)14(16,17)12-9-5-2-6-10-12;1-3-2/h1-10,16-17H;1-2H3. The Morgan fingerprint density at radius 3 is 1.75 bits per heavy atom. The number of methoxy groups -OCH3 is 1. The van der Waals surface area contributed by atoms with Crippen LogP contribution in [0, 0.1) is 0 Å². The molecule has 0 unspecified atom stereocenters. The summed E-state index contributed by atoms with van der Waals surface area (Å²) in [6.45, 7) is 0. The Kier molecular flexibility index (Phi) is 6.06. The van der Waals surface area contributed by atoms with E-state index in [1.165, 1.54) is 12.1 Å². The summed E-state index contributed by atoms with van der Waals surface area (Å²) in [6, 6.07) is 16.2. The van der Waals surface area contributed by atoms with E-state index in [1.54, 1.807) is 62.8 Å². The molecular formula is C16H18O4. The molecule has 2 aromatic carbocycles. The van der Waals surface area contributed by atoms with Crippen LogP contribution in [-0.4, -0.2) is 30.2 Å². The molecule has 2 rings (SSSR count). The minimum atomic E-state index is -2.48. The Hall–Kier alpha value is -2.01. The van der Waals surface area contributed by atoms with Crippen LogP contribution in [0.2, 0.25) is 0 Å². The van der Waals surface area contributed by atoms with Gasteiger partial charge in [0.05, 0.1) is 0 Å². The lowest BCUT2D eigenvalue weighted by molar-refractivity contribution is -0.128. The second-order valence-electron chi connectivity index (χ2n) is 4.14. The normalized spacial score (nSPS) is 10.4. The zero-order valence-electron chi connectivity index (χ0n) is 11.5. The highest BCUT2D eigenvalue weighted by atomic mass is 16.5. The van der Waals surface area contributed by atoms with Crippen molar-refractivity contribution in [3.63, 3.8) is 0 Å². The van der Waals surface area contributed by atoms with Crippen LogP contribution in [0.4, 0.5) is 0 Å². The van der Waals surface area contributed by atoms with Gasteiger partial charge in [-0.05, 0) is 0 Å². The van der Waals surface area contributed by atoms with Crippen molar-refractivity contribution in [3.8, 4) is 0 Å². The highest BCUT2D eigenvalue weighted by Gasteiger charge is 2.35. The number of ketones is 1. The zero-order valence-corrected chi connectivity index (χ0v) is 11.5. The number of hydrogen-bond acceptors (Lipinski definition) is 4. The summed E-state index contributed by atoms with van der Waals surface area (Å²) < 4.78 is 4.25. The van der Waals surface area contributed by atoms with Crippen molar-refractivity contribution in [1.82, 2.24) is 0 Å². The average Bonchev–Trinajstić information content (AvgIpc) is 2.49. The van der Waals surface area contributed by atoms with Gasteiger partial charge < -0.3 is 14.9 Å². The monoisotopic (exact) mass is 274 g/mol. The van der Waals surface area contributed by atoms with E-state index in [9.17, 15) is 15.0 Å². The predicted octanol–water partition coefficient (Wildman–Crippen LogP) is 1.97. The quantitative estimate of drug-likeness (QED) is 0.663. The summed E-state index contributed by atoms with van der Waals surface area (Å²) in [5.41, 5.74) is 0.426. The van der Waals surface area contributed by atoms with Crippen molar-refractivity contribution in [2.45, 2.75) is 5.79 Å². The van der Waals surface area contributed by atoms with Crippen LogP contribution in [0.3, 0.4) is 0 Å². The number of carbonyl (C=O) groups excluding carboxylic acids is 1. The minimum Gasteiger partial charge on any atom is -0.388 e. The molecule has 2 N–H and O–H groups in total.